The summed E-state index contributed by atoms with van der Waals surface area (Å²) < 4.78 is 7.46. The molecule has 0 fully saturated rings. The first-order valence-corrected chi connectivity index (χ1v) is 2.95. The van der Waals surface area contributed by atoms with Gasteiger partial charge in [0.05, 0.1) is 12.8 Å². The number of halogens is 2. The molecule has 6 heteroatoms. The molecule has 0 saturated carbocycles. The Hall–Kier alpha value is -0.480. The molecule has 0 unspecified atom stereocenters. The molecule has 0 amide bonds. The third-order valence-electron chi connectivity index (χ3n) is 0.705. The van der Waals surface area contributed by atoms with Gasteiger partial charge >= 0.3 is 11.9 Å². The summed E-state index contributed by atoms with van der Waals surface area (Å²) in [6, 6.07) is 0. The van der Waals surface area contributed by atoms with Crippen LogP contribution in [0.4, 0.5) is 0 Å². The van der Waals surface area contributed by atoms with E-state index in [-0.39, 0.29) is 12.8 Å². The molecule has 4 nitrogen and oxygen atoms in total. The van der Waals surface area contributed by atoms with E-state index in [1.54, 1.807) is 0 Å². The molecule has 0 aliphatic carbocycles. The van der Waals surface area contributed by atoms with E-state index in [2.05, 4.69) is 32.3 Å². The molecule has 0 rings (SSSR count). The highest BCUT2D eigenvalue weighted by Gasteiger charge is 2.07. The molecular weight excluding hydrogens is 183 g/mol. The summed E-state index contributed by atoms with van der Waals surface area (Å²) >= 11 is 9.29. The molecule has 0 bridgehead atoms. The minimum absolute atomic E-state index is 0.130. The molecule has 0 spiro atoms. The molecule has 0 aromatic rings. The molecule has 0 aliphatic heterocycles. The molecule has 10 heavy (non-hydrogen) atoms. The minimum atomic E-state index is -0.691. The van der Waals surface area contributed by atoms with Gasteiger partial charge in [0.25, 0.3) is 0 Å². The minimum Gasteiger partial charge on any atom is -0.348 e. The molecule has 0 aromatic carbocycles. The maximum atomic E-state index is 10.2. The topological polar surface area (TPSA) is 52.6 Å². The van der Waals surface area contributed by atoms with Crippen molar-refractivity contribution in [1.82, 2.24) is 0 Å². The molecule has 0 heterocycles. The van der Waals surface area contributed by atoms with Crippen LogP contribution in [0, 0.1) is 0 Å². The lowest BCUT2D eigenvalue weighted by Crippen LogP contribution is -2.03. The molecule has 0 aromatic heterocycles. The number of hydrogen-bond acceptors (Lipinski definition) is 4. The first kappa shape index (κ1) is 9.52. The Morgan fingerprint density at radius 1 is 1.00 bits per heavy atom. The van der Waals surface area contributed by atoms with Crippen molar-refractivity contribution in [3.63, 3.8) is 0 Å². The monoisotopic (exact) mass is 186 g/mol. The van der Waals surface area contributed by atoms with Gasteiger partial charge in [0.1, 0.15) is 23.7 Å². The van der Waals surface area contributed by atoms with Crippen molar-refractivity contribution in [3.05, 3.63) is 0 Å². The number of hydrogen-bond donors (Lipinski definition) is 0. The molecule has 0 saturated heterocycles. The van der Waals surface area contributed by atoms with Crippen LogP contribution in [-0.4, -0.2) is 11.9 Å². The summed E-state index contributed by atoms with van der Waals surface area (Å²) in [5, 5.41) is 0. The Labute approximate surface area is 67.3 Å². The Bertz CT molecular complexity index is 119. The molecule has 0 N–H and O–H groups in total. The van der Waals surface area contributed by atoms with Gasteiger partial charge in [0.15, 0.2) is 0 Å². The van der Waals surface area contributed by atoms with Gasteiger partial charge in [-0.3, -0.25) is 9.59 Å². The van der Waals surface area contributed by atoms with E-state index in [1.807, 2.05) is 0 Å². The van der Waals surface area contributed by atoms with Crippen LogP contribution in [0.1, 0.15) is 12.8 Å². The quantitative estimate of drug-likeness (QED) is 0.665. The Balaban J connectivity index is 3.35. The predicted octanol–water partition coefficient (Wildman–Crippen LogP) is 1.16. The van der Waals surface area contributed by atoms with Crippen LogP contribution < -0.4 is 0 Å². The first-order valence-electron chi connectivity index (χ1n) is 2.33. The van der Waals surface area contributed by atoms with E-state index in [0.29, 0.717) is 0 Å². The van der Waals surface area contributed by atoms with Gasteiger partial charge in [-0.25, -0.2) is 0 Å². The standard InChI is InChI=1S/C4H4Cl2O4/c5-9-3(7)1-2-4(8)10-6/h1-2H2. The third-order valence-corrected chi connectivity index (χ3v) is 1.05. The van der Waals surface area contributed by atoms with Crippen LogP contribution in [0.5, 0.6) is 0 Å². The second kappa shape index (κ2) is 5.32. The summed E-state index contributed by atoms with van der Waals surface area (Å²) in [7, 11) is 0. The van der Waals surface area contributed by atoms with E-state index in [9.17, 15) is 9.59 Å². The van der Waals surface area contributed by atoms with Gasteiger partial charge in [-0.1, -0.05) is 0 Å². The van der Waals surface area contributed by atoms with Crippen molar-refractivity contribution in [1.29, 1.82) is 0 Å². The van der Waals surface area contributed by atoms with Gasteiger partial charge in [0, 0.05) is 0 Å². The molecule has 0 radical (unpaired) electrons. The third kappa shape index (κ3) is 4.40. The smallest absolute Gasteiger partial charge is 0.325 e. The maximum absolute atomic E-state index is 10.2. The summed E-state index contributed by atoms with van der Waals surface area (Å²) in [6.45, 7) is 0. The fourth-order valence-electron chi connectivity index (χ4n) is 0.281. The van der Waals surface area contributed by atoms with Crippen molar-refractivity contribution in [2.24, 2.45) is 0 Å². The highest BCUT2D eigenvalue weighted by molar-refractivity contribution is 6.14. The summed E-state index contributed by atoms with van der Waals surface area (Å²) in [5.74, 6) is -1.38. The highest BCUT2D eigenvalue weighted by atomic mass is 35.5. The number of carbonyl (C=O) groups excluding carboxylic acids is 2. The van der Waals surface area contributed by atoms with E-state index in [1.165, 1.54) is 0 Å². The Kier molecular flexibility index (Phi) is 5.06. The number of carbonyl (C=O) groups is 2. The van der Waals surface area contributed by atoms with Gasteiger partial charge < -0.3 is 8.58 Å². The summed E-state index contributed by atoms with van der Waals surface area (Å²) in [4.78, 5) is 20.5. The zero-order valence-electron chi connectivity index (χ0n) is 4.80. The van der Waals surface area contributed by atoms with Crippen molar-refractivity contribution in [3.8, 4) is 0 Å². The summed E-state index contributed by atoms with van der Waals surface area (Å²) in [6.07, 6.45) is -0.260. The van der Waals surface area contributed by atoms with Crippen molar-refractivity contribution >= 4 is 35.7 Å². The molecule has 58 valence electrons. The lowest BCUT2D eigenvalue weighted by molar-refractivity contribution is -0.140. The van der Waals surface area contributed by atoms with Gasteiger partial charge in [-0.2, -0.15) is 0 Å². The van der Waals surface area contributed by atoms with Gasteiger partial charge in [0.2, 0.25) is 0 Å². The van der Waals surface area contributed by atoms with Crippen molar-refractivity contribution in [2.75, 3.05) is 0 Å². The average Bonchev–Trinajstić information content (AvgIpc) is 1.99. The largest absolute Gasteiger partial charge is 0.348 e. The van der Waals surface area contributed by atoms with E-state index < -0.39 is 11.9 Å². The second-order valence-corrected chi connectivity index (χ2v) is 1.71. The zero-order chi connectivity index (χ0) is 7.98. The molecule has 0 atom stereocenters. The Morgan fingerprint density at radius 3 is 1.50 bits per heavy atom. The van der Waals surface area contributed by atoms with E-state index >= 15 is 0 Å². The van der Waals surface area contributed by atoms with Crippen molar-refractivity contribution in [2.45, 2.75) is 12.8 Å². The highest BCUT2D eigenvalue weighted by Crippen LogP contribution is 1.97. The second-order valence-electron chi connectivity index (χ2n) is 1.40. The summed E-state index contributed by atoms with van der Waals surface area (Å²) in [5.41, 5.74) is 0. The van der Waals surface area contributed by atoms with E-state index in [0.717, 1.165) is 0 Å². The van der Waals surface area contributed by atoms with Crippen LogP contribution in [0.2, 0.25) is 0 Å². The van der Waals surface area contributed by atoms with Crippen LogP contribution >= 0.6 is 23.7 Å². The van der Waals surface area contributed by atoms with Crippen LogP contribution in [0.25, 0.3) is 0 Å². The number of rotatable bonds is 3. The zero-order valence-corrected chi connectivity index (χ0v) is 6.31. The maximum Gasteiger partial charge on any atom is 0.325 e. The fourth-order valence-corrected chi connectivity index (χ4v) is 0.436. The fraction of sp³-hybridized carbons (Fsp3) is 0.500. The van der Waals surface area contributed by atoms with E-state index in [4.69, 9.17) is 0 Å². The molecular formula is C4H4Cl2O4. The van der Waals surface area contributed by atoms with Crippen LogP contribution in [0.15, 0.2) is 0 Å². The first-order chi connectivity index (χ1) is 4.70. The van der Waals surface area contributed by atoms with Gasteiger partial charge in [-0.15, -0.1) is 0 Å². The Morgan fingerprint density at radius 2 is 1.30 bits per heavy atom. The average molecular weight is 187 g/mol. The van der Waals surface area contributed by atoms with Gasteiger partial charge in [-0.05, 0) is 0 Å². The SMILES string of the molecule is O=C(CCC(=O)OCl)OCl. The normalized spacial score (nSPS) is 8.60. The van der Waals surface area contributed by atoms with Crippen LogP contribution in [-0.2, 0) is 18.2 Å². The lowest BCUT2D eigenvalue weighted by Gasteiger charge is -1.92. The van der Waals surface area contributed by atoms with Crippen molar-refractivity contribution < 1.29 is 18.2 Å². The predicted molar refractivity (Wildman–Crippen MR) is 33.1 cm³/mol. The van der Waals surface area contributed by atoms with Crippen LogP contribution in [0.3, 0.4) is 0 Å². The molecule has 0 aliphatic rings. The lowest BCUT2D eigenvalue weighted by atomic mass is 10.3.